The number of hydrogen-bond donors (Lipinski definition) is 2. The monoisotopic (exact) mass is 251 g/mol. The molecule has 1 heterocycles. The molecule has 0 aromatic carbocycles. The standard InChI is InChI=1S/C12H17N3O3/c1-15-7-4-9(14-15)13-10(16)8-12(11(17)18)5-2-3-6-12/h4,7H,2-3,5-6,8H2,1H3,(H,17,18)(H,13,14,16). The number of aryl methyl sites for hydroxylation is 1. The quantitative estimate of drug-likeness (QED) is 0.847. The van der Waals surface area contributed by atoms with Crippen LogP contribution < -0.4 is 5.32 Å². The predicted molar refractivity (Wildman–Crippen MR) is 65.0 cm³/mol. The minimum absolute atomic E-state index is 0.0267. The molecule has 98 valence electrons. The summed E-state index contributed by atoms with van der Waals surface area (Å²) in [6, 6.07) is 1.68. The van der Waals surface area contributed by atoms with Crippen LogP contribution in [0, 0.1) is 5.41 Å². The Morgan fingerprint density at radius 2 is 2.17 bits per heavy atom. The first-order valence-electron chi connectivity index (χ1n) is 6.05. The van der Waals surface area contributed by atoms with E-state index in [1.165, 1.54) is 0 Å². The first-order chi connectivity index (χ1) is 8.52. The molecule has 1 aromatic rings. The van der Waals surface area contributed by atoms with Crippen LogP contribution in [-0.4, -0.2) is 26.8 Å². The van der Waals surface area contributed by atoms with E-state index < -0.39 is 11.4 Å². The van der Waals surface area contributed by atoms with Crippen molar-refractivity contribution in [3.63, 3.8) is 0 Å². The third-order valence-corrected chi connectivity index (χ3v) is 3.49. The molecular formula is C12H17N3O3. The fourth-order valence-corrected chi connectivity index (χ4v) is 2.49. The predicted octanol–water partition coefficient (Wildman–Crippen LogP) is 1.39. The van der Waals surface area contributed by atoms with Crippen molar-refractivity contribution in [2.24, 2.45) is 12.5 Å². The molecule has 0 spiro atoms. The highest BCUT2D eigenvalue weighted by Crippen LogP contribution is 2.41. The average Bonchev–Trinajstić information content (AvgIpc) is 2.89. The van der Waals surface area contributed by atoms with Crippen molar-refractivity contribution in [2.75, 3.05) is 5.32 Å². The van der Waals surface area contributed by atoms with Crippen molar-refractivity contribution in [3.8, 4) is 0 Å². The van der Waals surface area contributed by atoms with Gasteiger partial charge in [0.1, 0.15) is 0 Å². The number of carboxylic acid groups (broad SMARTS) is 1. The molecular weight excluding hydrogens is 234 g/mol. The van der Waals surface area contributed by atoms with Gasteiger partial charge in [0.2, 0.25) is 5.91 Å². The van der Waals surface area contributed by atoms with Crippen LogP contribution >= 0.6 is 0 Å². The van der Waals surface area contributed by atoms with Crippen LogP contribution in [0.5, 0.6) is 0 Å². The van der Waals surface area contributed by atoms with Crippen molar-refractivity contribution in [1.29, 1.82) is 0 Å². The van der Waals surface area contributed by atoms with Crippen LogP contribution in [-0.2, 0) is 16.6 Å². The second-order valence-electron chi connectivity index (χ2n) is 4.89. The first-order valence-corrected chi connectivity index (χ1v) is 6.05. The number of nitrogens with zero attached hydrogens (tertiary/aromatic N) is 2. The van der Waals surface area contributed by atoms with Crippen molar-refractivity contribution in [3.05, 3.63) is 12.3 Å². The molecule has 0 atom stereocenters. The summed E-state index contributed by atoms with van der Waals surface area (Å²) in [5.74, 6) is -0.685. The molecule has 0 radical (unpaired) electrons. The third-order valence-electron chi connectivity index (χ3n) is 3.49. The Morgan fingerprint density at radius 1 is 1.50 bits per heavy atom. The fourth-order valence-electron chi connectivity index (χ4n) is 2.49. The van der Waals surface area contributed by atoms with Crippen LogP contribution in [0.4, 0.5) is 5.82 Å². The van der Waals surface area contributed by atoms with Gasteiger partial charge in [0.25, 0.3) is 0 Å². The van der Waals surface area contributed by atoms with Crippen molar-refractivity contribution in [1.82, 2.24) is 9.78 Å². The maximum absolute atomic E-state index is 11.9. The molecule has 2 rings (SSSR count). The molecule has 0 aliphatic heterocycles. The minimum Gasteiger partial charge on any atom is -0.481 e. The topological polar surface area (TPSA) is 84.2 Å². The number of carbonyl (C=O) groups excluding carboxylic acids is 1. The average molecular weight is 251 g/mol. The number of rotatable bonds is 4. The zero-order chi connectivity index (χ0) is 13.2. The Labute approximate surface area is 105 Å². The number of amides is 1. The summed E-state index contributed by atoms with van der Waals surface area (Å²) in [5.41, 5.74) is -0.876. The summed E-state index contributed by atoms with van der Waals surface area (Å²) in [5, 5.41) is 15.9. The number of aliphatic carboxylic acids is 1. The van der Waals surface area contributed by atoms with Crippen LogP contribution in [0.25, 0.3) is 0 Å². The van der Waals surface area contributed by atoms with Gasteiger partial charge in [0, 0.05) is 25.7 Å². The molecule has 1 aliphatic carbocycles. The van der Waals surface area contributed by atoms with Gasteiger partial charge in [0.15, 0.2) is 5.82 Å². The lowest BCUT2D eigenvalue weighted by Crippen LogP contribution is -2.32. The van der Waals surface area contributed by atoms with Gasteiger partial charge in [-0.3, -0.25) is 14.3 Å². The molecule has 0 unspecified atom stereocenters. The molecule has 18 heavy (non-hydrogen) atoms. The number of aromatic nitrogens is 2. The van der Waals surface area contributed by atoms with Gasteiger partial charge >= 0.3 is 5.97 Å². The Bertz CT molecular complexity index is 461. The van der Waals surface area contributed by atoms with Gasteiger partial charge in [-0.05, 0) is 12.8 Å². The van der Waals surface area contributed by atoms with E-state index in [9.17, 15) is 14.7 Å². The van der Waals surface area contributed by atoms with Crippen molar-refractivity contribution >= 4 is 17.7 Å². The smallest absolute Gasteiger partial charge is 0.310 e. The van der Waals surface area contributed by atoms with Gasteiger partial charge < -0.3 is 10.4 Å². The van der Waals surface area contributed by atoms with Gasteiger partial charge in [-0.2, -0.15) is 5.10 Å². The van der Waals surface area contributed by atoms with E-state index in [0.29, 0.717) is 18.7 Å². The number of carbonyl (C=O) groups is 2. The highest BCUT2D eigenvalue weighted by atomic mass is 16.4. The minimum atomic E-state index is -0.876. The lowest BCUT2D eigenvalue weighted by atomic mass is 9.82. The zero-order valence-electron chi connectivity index (χ0n) is 10.3. The van der Waals surface area contributed by atoms with Crippen LogP contribution in [0.2, 0.25) is 0 Å². The van der Waals surface area contributed by atoms with Crippen LogP contribution in [0.15, 0.2) is 12.3 Å². The molecule has 6 nitrogen and oxygen atoms in total. The molecule has 0 bridgehead atoms. The van der Waals surface area contributed by atoms with Crippen LogP contribution in [0.1, 0.15) is 32.1 Å². The molecule has 2 N–H and O–H groups in total. The highest BCUT2D eigenvalue weighted by Gasteiger charge is 2.42. The maximum Gasteiger partial charge on any atom is 0.310 e. The van der Waals surface area contributed by atoms with Gasteiger partial charge in [-0.15, -0.1) is 0 Å². The number of anilines is 1. The molecule has 1 amide bonds. The second kappa shape index (κ2) is 4.80. The van der Waals surface area contributed by atoms with Gasteiger partial charge in [-0.25, -0.2) is 0 Å². The maximum atomic E-state index is 11.9. The molecule has 1 aliphatic rings. The van der Waals surface area contributed by atoms with E-state index >= 15 is 0 Å². The summed E-state index contributed by atoms with van der Waals surface area (Å²) in [7, 11) is 1.76. The summed E-state index contributed by atoms with van der Waals surface area (Å²) >= 11 is 0. The Kier molecular flexibility index (Phi) is 3.36. The van der Waals surface area contributed by atoms with Crippen molar-refractivity contribution in [2.45, 2.75) is 32.1 Å². The lowest BCUT2D eigenvalue weighted by molar-refractivity contribution is -0.150. The zero-order valence-corrected chi connectivity index (χ0v) is 10.3. The summed E-state index contributed by atoms with van der Waals surface area (Å²) in [6.07, 6.45) is 4.67. The highest BCUT2D eigenvalue weighted by molar-refractivity contribution is 5.93. The first kappa shape index (κ1) is 12.6. The number of nitrogens with one attached hydrogen (secondary N) is 1. The van der Waals surface area contributed by atoms with E-state index in [2.05, 4.69) is 10.4 Å². The van der Waals surface area contributed by atoms with E-state index in [4.69, 9.17) is 0 Å². The van der Waals surface area contributed by atoms with E-state index in [-0.39, 0.29) is 12.3 Å². The normalized spacial score (nSPS) is 17.6. The SMILES string of the molecule is Cn1ccc(NC(=O)CC2(C(=O)O)CCCC2)n1. The molecule has 1 saturated carbocycles. The van der Waals surface area contributed by atoms with Crippen LogP contribution in [0.3, 0.4) is 0 Å². The summed E-state index contributed by atoms with van der Waals surface area (Å²) in [4.78, 5) is 23.2. The Hall–Kier alpha value is -1.85. The molecule has 1 aromatic heterocycles. The molecule has 1 fully saturated rings. The van der Waals surface area contributed by atoms with Gasteiger partial charge in [0.05, 0.1) is 5.41 Å². The second-order valence-corrected chi connectivity index (χ2v) is 4.89. The van der Waals surface area contributed by atoms with Gasteiger partial charge in [-0.1, -0.05) is 12.8 Å². The fraction of sp³-hybridized carbons (Fsp3) is 0.583. The number of hydrogen-bond acceptors (Lipinski definition) is 3. The van der Waals surface area contributed by atoms with E-state index in [1.54, 1.807) is 24.0 Å². The Balaban J connectivity index is 1.99. The number of carboxylic acids is 1. The Morgan fingerprint density at radius 3 is 2.67 bits per heavy atom. The summed E-state index contributed by atoms with van der Waals surface area (Å²) in [6.45, 7) is 0. The third kappa shape index (κ3) is 2.52. The van der Waals surface area contributed by atoms with Crippen molar-refractivity contribution < 1.29 is 14.7 Å². The largest absolute Gasteiger partial charge is 0.481 e. The molecule has 0 saturated heterocycles. The lowest BCUT2D eigenvalue weighted by Gasteiger charge is -2.22. The molecule has 6 heteroatoms. The summed E-state index contributed by atoms with van der Waals surface area (Å²) < 4.78 is 1.58. The van der Waals surface area contributed by atoms with E-state index in [1.807, 2.05) is 0 Å². The van der Waals surface area contributed by atoms with E-state index in [0.717, 1.165) is 12.8 Å².